The summed E-state index contributed by atoms with van der Waals surface area (Å²) in [5.41, 5.74) is 1.67. The van der Waals surface area contributed by atoms with Crippen LogP contribution in [0.3, 0.4) is 0 Å². The van der Waals surface area contributed by atoms with Crippen LogP contribution in [0.4, 0.5) is 11.5 Å². The predicted octanol–water partition coefficient (Wildman–Crippen LogP) is 5.75. The number of hydrogen-bond donors (Lipinski definition) is 1. The zero-order valence-corrected chi connectivity index (χ0v) is 21.2. The first-order valence-corrected chi connectivity index (χ1v) is 12.8. The minimum absolute atomic E-state index is 0.0361. The van der Waals surface area contributed by atoms with Gasteiger partial charge in [-0.05, 0) is 54.8 Å². The van der Waals surface area contributed by atoms with Crippen molar-refractivity contribution >= 4 is 46.5 Å². The van der Waals surface area contributed by atoms with E-state index in [1.165, 1.54) is 0 Å². The van der Waals surface area contributed by atoms with Gasteiger partial charge in [-0.3, -0.25) is 9.59 Å². The molecule has 3 heterocycles. The fourth-order valence-electron chi connectivity index (χ4n) is 5.21. The quantitative estimate of drug-likeness (QED) is 0.409. The summed E-state index contributed by atoms with van der Waals surface area (Å²) in [5.74, 6) is 0.0424. The van der Waals surface area contributed by atoms with Gasteiger partial charge in [0.2, 0.25) is 11.8 Å². The topological polar surface area (TPSA) is 80.1 Å². The Labute approximate surface area is 214 Å². The number of halogens is 2. The molecule has 2 aliphatic rings. The molecule has 2 aliphatic heterocycles. The van der Waals surface area contributed by atoms with Crippen LogP contribution in [0.25, 0.3) is 0 Å². The van der Waals surface area contributed by atoms with Gasteiger partial charge in [0.25, 0.3) is 0 Å². The highest BCUT2D eigenvalue weighted by molar-refractivity contribution is 6.31. The Morgan fingerprint density at radius 1 is 1.06 bits per heavy atom. The monoisotopic (exact) mass is 511 g/mol. The molecule has 7 nitrogen and oxygen atoms in total. The lowest BCUT2D eigenvalue weighted by molar-refractivity contribution is -0.126. The molecule has 2 amide bonds. The standard InChI is InChI=1S/C26H27Cl2N5O2/c1-3-4-5-6-13-32-21-12-11-19(28)14-20(21)26(25(32)35)15-22(34)29-24-23(26)30-31-33(24)16(2)17-7-9-18(27)10-8-17/h7-12,14,16H,3-6,13,15H2,1-2H3,(H,29,34)/t16?,26-/m1/s1. The molecule has 0 saturated heterocycles. The van der Waals surface area contributed by atoms with E-state index in [0.717, 1.165) is 36.9 Å². The first-order valence-electron chi connectivity index (χ1n) is 12.0. The van der Waals surface area contributed by atoms with Crippen molar-refractivity contribution in [1.82, 2.24) is 15.0 Å². The molecule has 35 heavy (non-hydrogen) atoms. The molecule has 2 aromatic carbocycles. The summed E-state index contributed by atoms with van der Waals surface area (Å²) < 4.78 is 1.67. The summed E-state index contributed by atoms with van der Waals surface area (Å²) >= 11 is 12.5. The van der Waals surface area contributed by atoms with Crippen LogP contribution in [0.15, 0.2) is 42.5 Å². The highest BCUT2D eigenvalue weighted by Crippen LogP contribution is 2.52. The molecule has 3 aromatic rings. The van der Waals surface area contributed by atoms with Crippen molar-refractivity contribution in [3.63, 3.8) is 0 Å². The largest absolute Gasteiger partial charge is 0.311 e. The van der Waals surface area contributed by atoms with Gasteiger partial charge >= 0.3 is 0 Å². The van der Waals surface area contributed by atoms with E-state index < -0.39 is 5.41 Å². The van der Waals surface area contributed by atoms with E-state index >= 15 is 0 Å². The molecule has 5 rings (SSSR count). The van der Waals surface area contributed by atoms with Gasteiger partial charge in [-0.25, -0.2) is 4.68 Å². The maximum Gasteiger partial charge on any atom is 0.244 e. The van der Waals surface area contributed by atoms with Crippen LogP contribution in [0, 0.1) is 0 Å². The number of amides is 2. The van der Waals surface area contributed by atoms with Crippen LogP contribution >= 0.6 is 23.2 Å². The maximum atomic E-state index is 14.1. The number of benzene rings is 2. The Morgan fingerprint density at radius 2 is 1.80 bits per heavy atom. The third-order valence-electron chi connectivity index (χ3n) is 7.06. The molecule has 0 fully saturated rings. The van der Waals surface area contributed by atoms with Crippen molar-refractivity contribution in [2.75, 3.05) is 16.8 Å². The number of nitrogens with zero attached hydrogens (tertiary/aromatic N) is 4. The Balaban J connectivity index is 1.61. The van der Waals surface area contributed by atoms with Crippen LogP contribution in [-0.2, 0) is 15.0 Å². The summed E-state index contributed by atoms with van der Waals surface area (Å²) in [7, 11) is 0. The van der Waals surface area contributed by atoms with Gasteiger partial charge in [0.15, 0.2) is 5.82 Å². The molecule has 1 N–H and O–H groups in total. The number of nitrogens with one attached hydrogen (secondary N) is 1. The van der Waals surface area contributed by atoms with Gasteiger partial charge in [-0.15, -0.1) is 5.10 Å². The average Bonchev–Trinajstić information content (AvgIpc) is 3.35. The van der Waals surface area contributed by atoms with E-state index in [1.807, 2.05) is 37.3 Å². The Bertz CT molecular complexity index is 1290. The second kappa shape index (κ2) is 9.28. The van der Waals surface area contributed by atoms with Crippen molar-refractivity contribution in [3.8, 4) is 0 Å². The second-order valence-electron chi connectivity index (χ2n) is 9.27. The smallest absolute Gasteiger partial charge is 0.244 e. The van der Waals surface area contributed by atoms with Gasteiger partial charge in [0.1, 0.15) is 11.1 Å². The Kier molecular flexibility index (Phi) is 6.32. The zero-order chi connectivity index (χ0) is 24.7. The average molecular weight is 512 g/mol. The molecular formula is C26H27Cl2N5O2. The Hall–Kier alpha value is -2.90. The number of carbonyl (C=O) groups is 2. The SMILES string of the molecule is CCCCCCN1C(=O)[C@]2(CC(=O)Nc3c2nnn3C(C)c2ccc(Cl)cc2)c2cc(Cl)ccc21. The summed E-state index contributed by atoms with van der Waals surface area (Å²) in [6.07, 6.45) is 4.12. The number of fused-ring (bicyclic) bond motifs is 4. The molecule has 0 bridgehead atoms. The van der Waals surface area contributed by atoms with Crippen LogP contribution < -0.4 is 10.2 Å². The number of unbranched alkanes of at least 4 members (excludes halogenated alkanes) is 3. The number of anilines is 2. The normalized spacial score (nSPS) is 19.6. The van der Waals surface area contributed by atoms with Gasteiger partial charge in [0.05, 0.1) is 12.5 Å². The minimum Gasteiger partial charge on any atom is -0.311 e. The van der Waals surface area contributed by atoms with Gasteiger partial charge in [-0.1, -0.05) is 66.7 Å². The van der Waals surface area contributed by atoms with Crippen LogP contribution in [0.1, 0.15) is 68.8 Å². The fraction of sp³-hybridized carbons (Fsp3) is 0.385. The van der Waals surface area contributed by atoms with E-state index in [-0.39, 0.29) is 24.3 Å². The molecule has 1 aromatic heterocycles. The zero-order valence-electron chi connectivity index (χ0n) is 19.7. The summed E-state index contributed by atoms with van der Waals surface area (Å²) in [6, 6.07) is 12.7. The van der Waals surface area contributed by atoms with Crippen LogP contribution in [0.2, 0.25) is 10.0 Å². The molecule has 0 radical (unpaired) electrons. The number of hydrogen-bond acceptors (Lipinski definition) is 4. The fourth-order valence-corrected chi connectivity index (χ4v) is 5.51. The molecule has 1 unspecified atom stereocenters. The lowest BCUT2D eigenvalue weighted by Gasteiger charge is -2.31. The van der Waals surface area contributed by atoms with Crippen molar-refractivity contribution in [2.45, 2.75) is 57.4 Å². The third kappa shape index (κ3) is 3.91. The summed E-state index contributed by atoms with van der Waals surface area (Å²) in [6.45, 7) is 4.71. The van der Waals surface area contributed by atoms with Crippen molar-refractivity contribution in [2.24, 2.45) is 0 Å². The van der Waals surface area contributed by atoms with Gasteiger partial charge < -0.3 is 10.2 Å². The lowest BCUT2D eigenvalue weighted by Crippen LogP contribution is -2.47. The third-order valence-corrected chi connectivity index (χ3v) is 7.54. The summed E-state index contributed by atoms with van der Waals surface area (Å²) in [5, 5.41) is 13.0. The van der Waals surface area contributed by atoms with E-state index in [2.05, 4.69) is 22.6 Å². The van der Waals surface area contributed by atoms with Crippen LogP contribution in [-0.4, -0.2) is 33.4 Å². The minimum atomic E-state index is -1.25. The predicted molar refractivity (Wildman–Crippen MR) is 137 cm³/mol. The van der Waals surface area contributed by atoms with E-state index in [1.54, 1.807) is 21.7 Å². The molecule has 182 valence electrons. The maximum absolute atomic E-state index is 14.1. The highest BCUT2D eigenvalue weighted by atomic mass is 35.5. The van der Waals surface area contributed by atoms with E-state index in [0.29, 0.717) is 33.7 Å². The molecule has 1 spiro atoms. The lowest BCUT2D eigenvalue weighted by atomic mass is 9.73. The van der Waals surface area contributed by atoms with E-state index in [4.69, 9.17) is 23.2 Å². The number of carbonyl (C=O) groups excluding carboxylic acids is 2. The van der Waals surface area contributed by atoms with Crippen molar-refractivity contribution in [3.05, 3.63) is 69.3 Å². The molecule has 2 atom stereocenters. The first kappa shape index (κ1) is 23.8. The van der Waals surface area contributed by atoms with E-state index in [9.17, 15) is 9.59 Å². The first-order chi connectivity index (χ1) is 16.9. The van der Waals surface area contributed by atoms with Crippen molar-refractivity contribution < 1.29 is 9.59 Å². The number of rotatable bonds is 7. The van der Waals surface area contributed by atoms with Gasteiger partial charge in [0, 0.05) is 22.3 Å². The molecule has 9 heteroatoms. The van der Waals surface area contributed by atoms with Gasteiger partial charge in [-0.2, -0.15) is 0 Å². The number of aromatic nitrogens is 3. The molecule has 0 aliphatic carbocycles. The summed E-state index contributed by atoms with van der Waals surface area (Å²) in [4.78, 5) is 29.0. The van der Waals surface area contributed by atoms with Crippen molar-refractivity contribution in [1.29, 1.82) is 0 Å². The molecular weight excluding hydrogens is 485 g/mol. The van der Waals surface area contributed by atoms with Crippen LogP contribution in [0.5, 0.6) is 0 Å². The highest BCUT2D eigenvalue weighted by Gasteiger charge is 2.58. The Morgan fingerprint density at radius 3 is 2.54 bits per heavy atom. The second-order valence-corrected chi connectivity index (χ2v) is 10.1. The molecule has 0 saturated carbocycles.